The molecular weight excluding hydrogens is 178 g/mol. The fourth-order valence-electron chi connectivity index (χ4n) is 1.51. The van der Waals surface area contributed by atoms with Gasteiger partial charge >= 0.3 is 0 Å². The molecule has 0 aromatic rings. The fraction of sp³-hybridized carbons (Fsp3) is 1.00. The van der Waals surface area contributed by atoms with Crippen LogP contribution in [-0.2, 0) is 0 Å². The second kappa shape index (κ2) is 4.32. The first-order valence-corrected chi connectivity index (χ1v) is 4.13. The quantitative estimate of drug-likeness (QED) is 0.276. The summed E-state index contributed by atoms with van der Waals surface area (Å²) < 4.78 is 0. The Morgan fingerprint density at radius 3 is 2.15 bits per heavy atom. The first kappa shape index (κ1) is 10.8. The second-order valence-corrected chi connectivity index (χ2v) is 3.21. The highest BCUT2D eigenvalue weighted by atomic mass is 16.3. The predicted molar refractivity (Wildman–Crippen MR) is 42.9 cm³/mol. The van der Waals surface area contributed by atoms with Crippen molar-refractivity contribution < 1.29 is 25.5 Å². The van der Waals surface area contributed by atoms with Gasteiger partial charge in [-0.25, -0.2) is 0 Å². The van der Waals surface area contributed by atoms with Crippen molar-refractivity contribution >= 4 is 0 Å². The van der Waals surface area contributed by atoms with Crippen molar-refractivity contribution in [2.45, 2.75) is 30.4 Å². The van der Waals surface area contributed by atoms with E-state index >= 15 is 0 Å². The van der Waals surface area contributed by atoms with Crippen LogP contribution in [0.2, 0.25) is 0 Å². The molecule has 6 heteroatoms. The van der Waals surface area contributed by atoms with Crippen molar-refractivity contribution in [2.75, 3.05) is 13.2 Å². The van der Waals surface area contributed by atoms with Gasteiger partial charge in [-0.2, -0.15) is 0 Å². The Kier molecular flexibility index (Phi) is 3.60. The van der Waals surface area contributed by atoms with Crippen LogP contribution in [0.1, 0.15) is 0 Å². The van der Waals surface area contributed by atoms with Crippen molar-refractivity contribution in [3.63, 3.8) is 0 Å². The van der Waals surface area contributed by atoms with Crippen molar-refractivity contribution in [3.8, 4) is 0 Å². The van der Waals surface area contributed by atoms with Gasteiger partial charge in [0.05, 0.1) is 43.6 Å². The zero-order valence-electron chi connectivity index (χ0n) is 7.04. The van der Waals surface area contributed by atoms with Gasteiger partial charge in [0.25, 0.3) is 0 Å². The molecule has 0 aliphatic carbocycles. The molecule has 6 N–H and O–H groups in total. The van der Waals surface area contributed by atoms with Crippen LogP contribution in [0.25, 0.3) is 0 Å². The van der Waals surface area contributed by atoms with Gasteiger partial charge in [-0.1, -0.05) is 0 Å². The normalized spacial score (nSPS) is 42.2. The third-order valence-corrected chi connectivity index (χ3v) is 2.33. The molecule has 0 saturated carbocycles. The molecule has 0 radical (unpaired) electrons. The second-order valence-electron chi connectivity index (χ2n) is 3.21. The van der Waals surface area contributed by atoms with E-state index in [9.17, 15) is 15.3 Å². The summed E-state index contributed by atoms with van der Waals surface area (Å²) in [7, 11) is 0. The summed E-state index contributed by atoms with van der Waals surface area (Å²) in [6.07, 6.45) is -3.42. The van der Waals surface area contributed by atoms with Gasteiger partial charge in [-0.15, -0.1) is 0 Å². The van der Waals surface area contributed by atoms with Crippen LogP contribution in [0.4, 0.5) is 0 Å². The molecule has 1 fully saturated rings. The predicted octanol–water partition coefficient (Wildman–Crippen LogP) is -3.61. The standard InChI is InChI=1S/C7H15NO5/c9-1-3-6(12)7(13)5(8-3)4(11)2-10/h3-13H,1-2H2/t3-,4?,5?,6-,7-/m1/s1. The van der Waals surface area contributed by atoms with Crippen molar-refractivity contribution in [2.24, 2.45) is 0 Å². The molecule has 6 nitrogen and oxygen atoms in total. The van der Waals surface area contributed by atoms with Crippen molar-refractivity contribution in [1.29, 1.82) is 0 Å². The van der Waals surface area contributed by atoms with Crippen molar-refractivity contribution in [3.05, 3.63) is 0 Å². The molecule has 5 atom stereocenters. The average molecular weight is 193 g/mol. The number of aliphatic hydroxyl groups excluding tert-OH is 5. The Hall–Kier alpha value is -0.240. The van der Waals surface area contributed by atoms with Gasteiger partial charge in [-0.3, -0.25) is 0 Å². The molecule has 1 rings (SSSR count). The Morgan fingerprint density at radius 2 is 1.77 bits per heavy atom. The number of hydrogen-bond acceptors (Lipinski definition) is 6. The van der Waals surface area contributed by atoms with E-state index in [1.807, 2.05) is 0 Å². The van der Waals surface area contributed by atoms with Gasteiger partial charge < -0.3 is 30.8 Å². The first-order valence-electron chi connectivity index (χ1n) is 4.13. The Bertz CT molecular complexity index is 167. The van der Waals surface area contributed by atoms with E-state index < -0.39 is 37.0 Å². The zero-order valence-corrected chi connectivity index (χ0v) is 7.04. The lowest BCUT2D eigenvalue weighted by Gasteiger charge is -2.19. The van der Waals surface area contributed by atoms with E-state index in [4.69, 9.17) is 10.2 Å². The number of hydrogen-bond donors (Lipinski definition) is 6. The van der Waals surface area contributed by atoms with E-state index in [2.05, 4.69) is 5.32 Å². The monoisotopic (exact) mass is 193 g/mol. The highest BCUT2D eigenvalue weighted by Crippen LogP contribution is 2.16. The lowest BCUT2D eigenvalue weighted by molar-refractivity contribution is -0.0150. The van der Waals surface area contributed by atoms with Gasteiger partial charge in [0.1, 0.15) is 0 Å². The minimum atomic E-state index is -1.17. The molecule has 0 spiro atoms. The lowest BCUT2D eigenvalue weighted by Crippen LogP contribution is -2.45. The van der Waals surface area contributed by atoms with Crippen LogP contribution in [0.15, 0.2) is 0 Å². The van der Waals surface area contributed by atoms with Crippen LogP contribution in [-0.4, -0.2) is 69.1 Å². The van der Waals surface area contributed by atoms with Gasteiger partial charge in [-0.05, 0) is 0 Å². The molecule has 1 saturated heterocycles. The molecule has 0 amide bonds. The lowest BCUT2D eigenvalue weighted by atomic mass is 10.0. The van der Waals surface area contributed by atoms with E-state index in [1.54, 1.807) is 0 Å². The van der Waals surface area contributed by atoms with Gasteiger partial charge in [0.2, 0.25) is 0 Å². The Morgan fingerprint density at radius 1 is 1.15 bits per heavy atom. The molecule has 13 heavy (non-hydrogen) atoms. The molecule has 2 unspecified atom stereocenters. The minimum absolute atomic E-state index is 0.327. The SMILES string of the molecule is OCC(O)C1N[C@H](CO)[C@@H](O)[C@@H]1O. The zero-order chi connectivity index (χ0) is 10.0. The van der Waals surface area contributed by atoms with Crippen LogP contribution in [0.5, 0.6) is 0 Å². The van der Waals surface area contributed by atoms with Crippen molar-refractivity contribution in [1.82, 2.24) is 5.32 Å². The summed E-state index contributed by atoms with van der Waals surface area (Å²) in [5.74, 6) is 0. The molecule has 0 aromatic heterocycles. The van der Waals surface area contributed by atoms with Gasteiger partial charge in [0, 0.05) is 0 Å². The maximum absolute atomic E-state index is 9.37. The summed E-state index contributed by atoms with van der Waals surface area (Å²) in [6, 6.07) is -1.45. The smallest absolute Gasteiger partial charge is 0.0994 e. The third kappa shape index (κ3) is 1.98. The van der Waals surface area contributed by atoms with Crippen LogP contribution in [0, 0.1) is 0 Å². The molecule has 1 heterocycles. The van der Waals surface area contributed by atoms with Crippen LogP contribution < -0.4 is 5.32 Å². The number of rotatable bonds is 3. The maximum atomic E-state index is 9.37. The molecule has 1 aliphatic heterocycles. The summed E-state index contributed by atoms with van der Waals surface area (Å²) >= 11 is 0. The minimum Gasteiger partial charge on any atom is -0.395 e. The topological polar surface area (TPSA) is 113 Å². The maximum Gasteiger partial charge on any atom is 0.0994 e. The molecule has 0 aromatic carbocycles. The molecular formula is C7H15NO5. The van der Waals surface area contributed by atoms with E-state index in [0.717, 1.165) is 0 Å². The Balaban J connectivity index is 2.60. The summed E-state index contributed by atoms with van der Waals surface area (Å²) in [4.78, 5) is 0. The highest BCUT2D eigenvalue weighted by Gasteiger charge is 2.43. The summed E-state index contributed by atoms with van der Waals surface area (Å²) in [6.45, 7) is -0.827. The van der Waals surface area contributed by atoms with E-state index in [1.165, 1.54) is 0 Å². The number of nitrogens with one attached hydrogen (secondary N) is 1. The first-order chi connectivity index (χ1) is 6.11. The average Bonchev–Trinajstić information content (AvgIpc) is 2.43. The van der Waals surface area contributed by atoms with Crippen LogP contribution >= 0.6 is 0 Å². The van der Waals surface area contributed by atoms with Gasteiger partial charge in [0.15, 0.2) is 0 Å². The molecule has 1 aliphatic rings. The molecule has 0 bridgehead atoms. The number of aliphatic hydroxyl groups is 5. The molecule has 78 valence electrons. The summed E-state index contributed by atoms with van der Waals surface area (Å²) in [5.41, 5.74) is 0. The third-order valence-electron chi connectivity index (χ3n) is 2.33. The van der Waals surface area contributed by atoms with E-state index in [-0.39, 0.29) is 6.61 Å². The summed E-state index contributed by atoms with van der Waals surface area (Å²) in [5, 5.41) is 47.9. The fourth-order valence-corrected chi connectivity index (χ4v) is 1.51. The van der Waals surface area contributed by atoms with Crippen LogP contribution in [0.3, 0.4) is 0 Å². The van der Waals surface area contributed by atoms with E-state index in [0.29, 0.717) is 0 Å². The Labute approximate surface area is 75.4 Å². The highest BCUT2D eigenvalue weighted by molar-refractivity contribution is 5.00. The largest absolute Gasteiger partial charge is 0.395 e.